The Labute approximate surface area is 118 Å². The first kappa shape index (κ1) is 14.2. The maximum atomic E-state index is 14.2. The number of benzene rings is 1. The van der Waals surface area contributed by atoms with Crippen LogP contribution in [0.5, 0.6) is 5.75 Å². The first-order valence-corrected chi connectivity index (χ1v) is 6.56. The van der Waals surface area contributed by atoms with Crippen molar-refractivity contribution in [1.29, 1.82) is 0 Å². The molecule has 0 fully saturated rings. The molecule has 0 saturated heterocycles. The van der Waals surface area contributed by atoms with E-state index in [1.165, 1.54) is 19.5 Å². The van der Waals surface area contributed by atoms with Crippen molar-refractivity contribution in [1.82, 2.24) is 9.97 Å². The van der Waals surface area contributed by atoms with Crippen molar-refractivity contribution in [2.75, 3.05) is 19.5 Å². The molecular formula is C15H18FN3O. The number of hydrogen-bond donors (Lipinski definition) is 1. The molecule has 5 heteroatoms. The molecule has 0 aliphatic heterocycles. The minimum atomic E-state index is -0.345. The zero-order valence-corrected chi connectivity index (χ0v) is 11.9. The fourth-order valence-corrected chi connectivity index (χ4v) is 2.16. The van der Waals surface area contributed by atoms with E-state index >= 15 is 0 Å². The summed E-state index contributed by atoms with van der Waals surface area (Å²) in [5, 5.41) is 3.03. The van der Waals surface area contributed by atoms with Gasteiger partial charge in [-0.1, -0.05) is 13.3 Å². The first-order valence-electron chi connectivity index (χ1n) is 6.56. The molecule has 0 amide bonds. The number of hydrogen-bond acceptors (Lipinski definition) is 4. The van der Waals surface area contributed by atoms with Gasteiger partial charge in [-0.3, -0.25) is 0 Å². The van der Waals surface area contributed by atoms with Crippen molar-refractivity contribution in [3.63, 3.8) is 0 Å². The van der Waals surface area contributed by atoms with Crippen LogP contribution in [0.15, 0.2) is 24.5 Å². The lowest BCUT2D eigenvalue weighted by atomic mass is 10.0. The zero-order chi connectivity index (χ0) is 14.5. The van der Waals surface area contributed by atoms with Gasteiger partial charge in [0.2, 0.25) is 0 Å². The minimum absolute atomic E-state index is 0.345. The lowest BCUT2D eigenvalue weighted by molar-refractivity contribution is 0.411. The van der Waals surface area contributed by atoms with Crippen LogP contribution in [-0.2, 0) is 6.42 Å². The highest BCUT2D eigenvalue weighted by atomic mass is 19.1. The SMILES string of the molecule is CCCc1c(NC)ncnc1-c1ccc(OC)cc1F. The van der Waals surface area contributed by atoms with Crippen LogP contribution in [-0.4, -0.2) is 24.1 Å². The summed E-state index contributed by atoms with van der Waals surface area (Å²) in [6.07, 6.45) is 3.18. The van der Waals surface area contributed by atoms with Crippen LogP contribution in [0.25, 0.3) is 11.3 Å². The molecule has 106 valence electrons. The number of ether oxygens (including phenoxy) is 1. The number of aromatic nitrogens is 2. The fourth-order valence-electron chi connectivity index (χ4n) is 2.16. The van der Waals surface area contributed by atoms with E-state index in [0.29, 0.717) is 17.0 Å². The number of methoxy groups -OCH3 is 1. The second kappa shape index (κ2) is 6.32. The molecule has 1 heterocycles. The van der Waals surface area contributed by atoms with Crippen LogP contribution in [0, 0.1) is 5.82 Å². The average Bonchev–Trinajstić information content (AvgIpc) is 2.48. The number of nitrogens with one attached hydrogen (secondary N) is 1. The topological polar surface area (TPSA) is 47.0 Å². The van der Waals surface area contributed by atoms with Gasteiger partial charge in [-0.25, -0.2) is 14.4 Å². The Morgan fingerprint density at radius 2 is 2.10 bits per heavy atom. The molecule has 0 aliphatic rings. The van der Waals surface area contributed by atoms with E-state index in [2.05, 4.69) is 22.2 Å². The molecule has 1 aromatic heterocycles. The van der Waals surface area contributed by atoms with Crippen LogP contribution >= 0.6 is 0 Å². The lowest BCUT2D eigenvalue weighted by Crippen LogP contribution is -2.04. The third kappa shape index (κ3) is 2.71. The number of halogens is 1. The molecular weight excluding hydrogens is 257 g/mol. The molecule has 0 atom stereocenters. The Balaban J connectivity index is 2.57. The van der Waals surface area contributed by atoms with Crippen molar-refractivity contribution in [2.24, 2.45) is 0 Å². The van der Waals surface area contributed by atoms with E-state index in [1.807, 2.05) is 0 Å². The molecule has 1 aromatic carbocycles. The van der Waals surface area contributed by atoms with Crippen molar-refractivity contribution in [3.8, 4) is 17.0 Å². The van der Waals surface area contributed by atoms with E-state index in [0.717, 1.165) is 24.2 Å². The summed E-state index contributed by atoms with van der Waals surface area (Å²) in [5.74, 6) is 0.890. The van der Waals surface area contributed by atoms with E-state index in [-0.39, 0.29) is 5.82 Å². The van der Waals surface area contributed by atoms with Crippen LogP contribution in [0.3, 0.4) is 0 Å². The molecule has 0 saturated carbocycles. The average molecular weight is 275 g/mol. The summed E-state index contributed by atoms with van der Waals surface area (Å²) in [6.45, 7) is 2.07. The van der Waals surface area contributed by atoms with E-state index in [1.54, 1.807) is 19.2 Å². The number of anilines is 1. The van der Waals surface area contributed by atoms with Crippen LogP contribution in [0.4, 0.5) is 10.2 Å². The number of nitrogens with zero attached hydrogens (tertiary/aromatic N) is 2. The molecule has 0 unspecified atom stereocenters. The standard InChI is InChI=1S/C15H18FN3O/c1-4-5-12-14(18-9-19-15(12)17-2)11-7-6-10(20-3)8-13(11)16/h6-9H,4-5H2,1-3H3,(H,17,18,19). The van der Waals surface area contributed by atoms with Crippen LogP contribution in [0.1, 0.15) is 18.9 Å². The predicted molar refractivity (Wildman–Crippen MR) is 77.5 cm³/mol. The molecule has 2 aromatic rings. The molecule has 0 spiro atoms. The second-order valence-electron chi connectivity index (χ2n) is 4.40. The van der Waals surface area contributed by atoms with E-state index in [4.69, 9.17) is 4.74 Å². The summed E-state index contributed by atoms with van der Waals surface area (Å²) < 4.78 is 19.2. The normalized spacial score (nSPS) is 10.4. The molecule has 0 radical (unpaired) electrons. The third-order valence-corrected chi connectivity index (χ3v) is 3.11. The van der Waals surface area contributed by atoms with E-state index in [9.17, 15) is 4.39 Å². The highest BCUT2D eigenvalue weighted by molar-refractivity contribution is 5.69. The summed E-state index contributed by atoms with van der Waals surface area (Å²) >= 11 is 0. The zero-order valence-electron chi connectivity index (χ0n) is 11.9. The molecule has 2 rings (SSSR count). The molecule has 20 heavy (non-hydrogen) atoms. The first-order chi connectivity index (χ1) is 9.71. The fraction of sp³-hybridized carbons (Fsp3) is 0.333. The maximum absolute atomic E-state index is 14.2. The highest BCUT2D eigenvalue weighted by Crippen LogP contribution is 2.30. The van der Waals surface area contributed by atoms with Gasteiger partial charge in [0.05, 0.1) is 12.8 Å². The maximum Gasteiger partial charge on any atom is 0.136 e. The second-order valence-corrected chi connectivity index (χ2v) is 4.40. The largest absolute Gasteiger partial charge is 0.497 e. The summed E-state index contributed by atoms with van der Waals surface area (Å²) in [5.41, 5.74) is 2.03. The molecule has 4 nitrogen and oxygen atoms in total. The molecule has 0 aliphatic carbocycles. The van der Waals surface area contributed by atoms with Gasteiger partial charge in [-0.2, -0.15) is 0 Å². The van der Waals surface area contributed by atoms with E-state index < -0.39 is 0 Å². The Morgan fingerprint density at radius 3 is 2.70 bits per heavy atom. The smallest absolute Gasteiger partial charge is 0.136 e. The van der Waals surface area contributed by atoms with Crippen molar-refractivity contribution in [2.45, 2.75) is 19.8 Å². The molecule has 0 bridgehead atoms. The third-order valence-electron chi connectivity index (χ3n) is 3.11. The Morgan fingerprint density at radius 1 is 1.30 bits per heavy atom. The Bertz CT molecular complexity index is 602. The van der Waals surface area contributed by atoms with Gasteiger partial charge in [-0.15, -0.1) is 0 Å². The van der Waals surface area contributed by atoms with Gasteiger partial charge in [0.25, 0.3) is 0 Å². The van der Waals surface area contributed by atoms with Crippen LogP contribution < -0.4 is 10.1 Å². The predicted octanol–water partition coefficient (Wildman–Crippen LogP) is 3.29. The number of rotatable bonds is 5. The van der Waals surface area contributed by atoms with Gasteiger partial charge in [0, 0.05) is 24.2 Å². The summed E-state index contributed by atoms with van der Waals surface area (Å²) in [7, 11) is 3.32. The van der Waals surface area contributed by atoms with Gasteiger partial charge >= 0.3 is 0 Å². The Kier molecular flexibility index (Phi) is 4.50. The van der Waals surface area contributed by atoms with Crippen molar-refractivity contribution in [3.05, 3.63) is 35.9 Å². The molecule has 1 N–H and O–H groups in total. The summed E-state index contributed by atoms with van der Waals surface area (Å²) in [4.78, 5) is 8.46. The van der Waals surface area contributed by atoms with Gasteiger partial charge in [0.15, 0.2) is 0 Å². The summed E-state index contributed by atoms with van der Waals surface area (Å²) in [6, 6.07) is 4.79. The quantitative estimate of drug-likeness (QED) is 0.909. The highest BCUT2D eigenvalue weighted by Gasteiger charge is 2.15. The van der Waals surface area contributed by atoms with Gasteiger partial charge in [-0.05, 0) is 18.6 Å². The minimum Gasteiger partial charge on any atom is -0.497 e. The Hall–Kier alpha value is -2.17. The monoisotopic (exact) mass is 275 g/mol. The lowest BCUT2D eigenvalue weighted by Gasteiger charge is -2.13. The van der Waals surface area contributed by atoms with Gasteiger partial charge < -0.3 is 10.1 Å². The van der Waals surface area contributed by atoms with Crippen molar-refractivity contribution < 1.29 is 9.13 Å². The van der Waals surface area contributed by atoms with Crippen molar-refractivity contribution >= 4 is 5.82 Å². The van der Waals surface area contributed by atoms with Gasteiger partial charge in [0.1, 0.15) is 23.7 Å². The van der Waals surface area contributed by atoms with Crippen LogP contribution in [0.2, 0.25) is 0 Å².